The summed E-state index contributed by atoms with van der Waals surface area (Å²) in [6, 6.07) is 12.9. The molecule has 0 radical (unpaired) electrons. The molecule has 3 aromatic rings. The smallest absolute Gasteiger partial charge is 0.346 e. The maximum Gasteiger partial charge on any atom is 0.346 e. The van der Waals surface area contributed by atoms with Gasteiger partial charge >= 0.3 is 17.6 Å². The van der Waals surface area contributed by atoms with Gasteiger partial charge in [-0.05, 0) is 42.7 Å². The van der Waals surface area contributed by atoms with Crippen LogP contribution in [0.25, 0.3) is 10.8 Å². The molecule has 0 bridgehead atoms. The van der Waals surface area contributed by atoms with Crippen LogP contribution in [-0.2, 0) is 11.2 Å². The Bertz CT molecular complexity index is 1150. The Morgan fingerprint density at radius 1 is 1.00 bits per heavy atom. The molecular weight excluding hydrogens is 374 g/mol. The molecule has 0 aromatic heterocycles. The molecule has 7 nitrogen and oxygen atoms in total. The van der Waals surface area contributed by atoms with Crippen LogP contribution >= 0.6 is 0 Å². The Morgan fingerprint density at radius 2 is 1.72 bits per heavy atom. The van der Waals surface area contributed by atoms with Crippen LogP contribution < -0.4 is 4.74 Å². The summed E-state index contributed by atoms with van der Waals surface area (Å²) in [5.41, 5.74) is 1.25. The van der Waals surface area contributed by atoms with E-state index < -0.39 is 16.9 Å². The summed E-state index contributed by atoms with van der Waals surface area (Å²) in [7, 11) is 0. The average molecular weight is 391 g/mol. The fraction of sp³-hybridized carbons (Fsp3) is 0.182. The van der Waals surface area contributed by atoms with Gasteiger partial charge in [-0.1, -0.05) is 31.5 Å². The van der Waals surface area contributed by atoms with E-state index in [0.29, 0.717) is 16.5 Å². The van der Waals surface area contributed by atoms with Crippen LogP contribution in [0.4, 0.5) is 5.69 Å². The highest BCUT2D eigenvalue weighted by Gasteiger charge is 2.28. The zero-order valence-corrected chi connectivity index (χ0v) is 15.6. The summed E-state index contributed by atoms with van der Waals surface area (Å²) in [6.07, 6.45) is 2.69. The molecule has 0 saturated heterocycles. The van der Waals surface area contributed by atoms with Crippen molar-refractivity contribution < 1.29 is 24.0 Å². The highest BCUT2D eigenvalue weighted by Crippen LogP contribution is 2.39. The third-order valence-corrected chi connectivity index (χ3v) is 4.88. The van der Waals surface area contributed by atoms with E-state index in [1.54, 1.807) is 30.3 Å². The number of ether oxygens (including phenoxy) is 2. The van der Waals surface area contributed by atoms with E-state index in [-0.39, 0.29) is 22.6 Å². The molecule has 1 aliphatic heterocycles. The van der Waals surface area contributed by atoms with Gasteiger partial charge in [-0.15, -0.1) is 0 Å². The third kappa shape index (κ3) is 3.31. The lowest BCUT2D eigenvalue weighted by molar-refractivity contribution is -0.385. The molecule has 1 heterocycles. The maximum atomic E-state index is 12.0. The van der Waals surface area contributed by atoms with Crippen molar-refractivity contribution in [2.24, 2.45) is 0 Å². The lowest BCUT2D eigenvalue weighted by atomic mass is 9.96. The van der Waals surface area contributed by atoms with E-state index in [1.807, 2.05) is 6.07 Å². The van der Waals surface area contributed by atoms with Crippen LogP contribution in [0.2, 0.25) is 0 Å². The Labute approximate surface area is 166 Å². The molecule has 146 valence electrons. The second-order valence-electron chi connectivity index (χ2n) is 6.78. The first kappa shape index (κ1) is 18.6. The first-order chi connectivity index (χ1) is 14.0. The molecule has 0 atom stereocenters. The van der Waals surface area contributed by atoms with Crippen molar-refractivity contribution in [2.75, 3.05) is 0 Å². The van der Waals surface area contributed by atoms with E-state index >= 15 is 0 Å². The summed E-state index contributed by atoms with van der Waals surface area (Å²) < 4.78 is 10.6. The normalized spacial score (nSPS) is 12.7. The molecule has 29 heavy (non-hydrogen) atoms. The first-order valence-corrected chi connectivity index (χ1v) is 9.27. The van der Waals surface area contributed by atoms with Gasteiger partial charge in [0, 0.05) is 16.8 Å². The summed E-state index contributed by atoms with van der Waals surface area (Å²) in [6.45, 7) is 2.06. The fourth-order valence-corrected chi connectivity index (χ4v) is 3.45. The van der Waals surface area contributed by atoms with Gasteiger partial charge in [0.2, 0.25) is 5.75 Å². The highest BCUT2D eigenvalue weighted by atomic mass is 16.6. The van der Waals surface area contributed by atoms with Crippen LogP contribution in [0, 0.1) is 10.1 Å². The minimum Gasteiger partial charge on any atom is -0.449 e. The number of carbonyl (C=O) groups is 2. The van der Waals surface area contributed by atoms with E-state index in [2.05, 4.69) is 6.92 Å². The SMILES string of the molecule is CCCCc1ccc(Oc2ccc3c4c(cccc24)C(=O)OC3=O)c([N+](=O)[O-])c1. The van der Waals surface area contributed by atoms with Crippen molar-refractivity contribution in [1.29, 1.82) is 0 Å². The lowest BCUT2D eigenvalue weighted by Crippen LogP contribution is -2.19. The van der Waals surface area contributed by atoms with Crippen LogP contribution in [0.15, 0.2) is 48.5 Å². The minimum atomic E-state index is -0.725. The molecule has 0 aliphatic carbocycles. The second kappa shape index (κ2) is 7.35. The largest absolute Gasteiger partial charge is 0.449 e. The monoisotopic (exact) mass is 391 g/mol. The average Bonchev–Trinajstić information content (AvgIpc) is 2.71. The molecule has 3 aromatic carbocycles. The quantitative estimate of drug-likeness (QED) is 0.248. The van der Waals surface area contributed by atoms with Gasteiger partial charge in [0.05, 0.1) is 16.1 Å². The van der Waals surface area contributed by atoms with E-state index in [4.69, 9.17) is 9.47 Å². The van der Waals surface area contributed by atoms with E-state index in [9.17, 15) is 19.7 Å². The van der Waals surface area contributed by atoms with Gasteiger partial charge in [0.25, 0.3) is 0 Å². The molecule has 7 heteroatoms. The standard InChI is InChI=1S/C22H17NO6/c1-2-3-5-13-8-10-19(17(12-13)23(26)27)28-18-11-9-16-20-14(18)6-4-7-15(20)21(24)29-22(16)25/h4,6-12H,2-3,5H2,1H3. The Balaban J connectivity index is 1.80. The number of cyclic esters (lactones) is 2. The predicted molar refractivity (Wildman–Crippen MR) is 105 cm³/mol. The number of unbranched alkanes of at least 4 members (excludes halogenated alkanes) is 1. The van der Waals surface area contributed by atoms with Crippen LogP contribution in [0.3, 0.4) is 0 Å². The number of nitrogens with zero attached hydrogens (tertiary/aromatic N) is 1. The van der Waals surface area contributed by atoms with Crippen molar-refractivity contribution in [3.8, 4) is 11.5 Å². The topological polar surface area (TPSA) is 95.7 Å². The summed E-state index contributed by atoms with van der Waals surface area (Å²) in [5.74, 6) is -1.04. The highest BCUT2D eigenvalue weighted by molar-refractivity contribution is 6.21. The molecule has 0 saturated carbocycles. The minimum absolute atomic E-state index is 0.0978. The molecule has 0 unspecified atom stereocenters. The Morgan fingerprint density at radius 3 is 2.45 bits per heavy atom. The van der Waals surface area contributed by atoms with Gasteiger partial charge in [-0.2, -0.15) is 0 Å². The second-order valence-corrected chi connectivity index (χ2v) is 6.78. The van der Waals surface area contributed by atoms with Gasteiger partial charge in [0.15, 0.2) is 0 Å². The summed E-state index contributed by atoms with van der Waals surface area (Å²) in [5, 5.41) is 12.5. The van der Waals surface area contributed by atoms with Crippen LogP contribution in [-0.4, -0.2) is 16.9 Å². The molecule has 0 amide bonds. The van der Waals surface area contributed by atoms with E-state index in [0.717, 1.165) is 24.8 Å². The fourth-order valence-electron chi connectivity index (χ4n) is 3.45. The third-order valence-electron chi connectivity index (χ3n) is 4.88. The van der Waals surface area contributed by atoms with Gasteiger partial charge in [-0.25, -0.2) is 9.59 Å². The number of esters is 2. The Hall–Kier alpha value is -3.74. The number of hydrogen-bond acceptors (Lipinski definition) is 6. The van der Waals surface area contributed by atoms with Crippen LogP contribution in [0.1, 0.15) is 46.0 Å². The first-order valence-electron chi connectivity index (χ1n) is 9.27. The number of hydrogen-bond donors (Lipinski definition) is 0. The van der Waals surface area contributed by atoms with Crippen molar-refractivity contribution in [3.63, 3.8) is 0 Å². The zero-order valence-electron chi connectivity index (χ0n) is 15.6. The molecule has 1 aliphatic rings. The van der Waals surface area contributed by atoms with E-state index in [1.165, 1.54) is 12.1 Å². The number of aryl methyl sites for hydroxylation is 1. The number of nitro groups is 1. The zero-order chi connectivity index (χ0) is 20.5. The lowest BCUT2D eigenvalue weighted by Gasteiger charge is -2.17. The molecule has 0 spiro atoms. The maximum absolute atomic E-state index is 12.0. The number of benzene rings is 3. The van der Waals surface area contributed by atoms with Crippen LogP contribution in [0.5, 0.6) is 11.5 Å². The predicted octanol–water partition coefficient (Wildman–Crippen LogP) is 5.19. The summed E-state index contributed by atoms with van der Waals surface area (Å²) in [4.78, 5) is 35.2. The molecule has 4 rings (SSSR count). The summed E-state index contributed by atoms with van der Waals surface area (Å²) >= 11 is 0. The van der Waals surface area contributed by atoms with Gasteiger partial charge in [0.1, 0.15) is 5.75 Å². The number of rotatable bonds is 6. The van der Waals surface area contributed by atoms with Crippen molar-refractivity contribution >= 4 is 28.4 Å². The molecule has 0 N–H and O–H groups in total. The van der Waals surface area contributed by atoms with Gasteiger partial charge in [-0.3, -0.25) is 10.1 Å². The van der Waals surface area contributed by atoms with Crippen molar-refractivity contribution in [3.05, 3.63) is 75.3 Å². The van der Waals surface area contributed by atoms with Crippen molar-refractivity contribution in [2.45, 2.75) is 26.2 Å². The van der Waals surface area contributed by atoms with Gasteiger partial charge < -0.3 is 9.47 Å². The molecular formula is C22H17NO6. The number of nitro benzene ring substituents is 1. The number of carbonyl (C=O) groups excluding carboxylic acids is 2. The van der Waals surface area contributed by atoms with Crippen molar-refractivity contribution in [1.82, 2.24) is 0 Å². The Kier molecular flexibility index (Phi) is 4.72. The molecule has 0 fully saturated rings.